The predicted molar refractivity (Wildman–Crippen MR) is 75.8 cm³/mol. The Kier molecular flexibility index (Phi) is 4.39. The van der Waals surface area contributed by atoms with Gasteiger partial charge in [-0.15, -0.1) is 0 Å². The molecule has 0 bridgehead atoms. The zero-order valence-corrected chi connectivity index (χ0v) is 12.4. The maximum Gasteiger partial charge on any atom is 0.305 e. The van der Waals surface area contributed by atoms with Crippen LogP contribution in [-0.2, 0) is 11.2 Å². The van der Waals surface area contributed by atoms with Gasteiger partial charge in [0.05, 0.1) is 12.0 Å². The monoisotopic (exact) mass is 283 g/mol. The van der Waals surface area contributed by atoms with Crippen LogP contribution in [0.2, 0.25) is 0 Å². The second-order valence-corrected chi connectivity index (χ2v) is 5.99. The molecule has 5 nitrogen and oxygen atoms in total. The SMILES string of the molecule is CCc1nsc(N(C)C2(CC(=O)O)CCCCC2)n1. The second kappa shape index (κ2) is 5.86. The van der Waals surface area contributed by atoms with Gasteiger partial charge in [-0.25, -0.2) is 4.98 Å². The number of nitrogens with zero attached hydrogens (tertiary/aromatic N) is 3. The number of hydrogen-bond acceptors (Lipinski definition) is 5. The second-order valence-electron chi connectivity index (χ2n) is 5.26. The molecular formula is C13H21N3O2S. The number of carbonyl (C=O) groups is 1. The van der Waals surface area contributed by atoms with E-state index in [1.54, 1.807) is 0 Å². The summed E-state index contributed by atoms with van der Waals surface area (Å²) in [5.41, 5.74) is -0.283. The van der Waals surface area contributed by atoms with Crippen molar-refractivity contribution in [1.29, 1.82) is 0 Å². The van der Waals surface area contributed by atoms with Crippen LogP contribution in [0.3, 0.4) is 0 Å². The Balaban J connectivity index is 2.23. The average Bonchev–Trinajstić information content (AvgIpc) is 2.86. The maximum atomic E-state index is 11.2. The van der Waals surface area contributed by atoms with E-state index < -0.39 is 5.97 Å². The summed E-state index contributed by atoms with van der Waals surface area (Å²) >= 11 is 1.37. The number of hydrogen-bond donors (Lipinski definition) is 1. The molecular weight excluding hydrogens is 262 g/mol. The number of rotatable bonds is 5. The van der Waals surface area contributed by atoms with Crippen molar-refractivity contribution in [2.24, 2.45) is 0 Å². The van der Waals surface area contributed by atoms with E-state index in [0.29, 0.717) is 0 Å². The van der Waals surface area contributed by atoms with Crippen LogP contribution in [0.15, 0.2) is 0 Å². The van der Waals surface area contributed by atoms with Gasteiger partial charge in [-0.3, -0.25) is 4.79 Å². The fourth-order valence-corrected chi connectivity index (χ4v) is 3.67. The minimum absolute atomic E-state index is 0.185. The van der Waals surface area contributed by atoms with E-state index in [1.807, 2.05) is 14.0 Å². The maximum absolute atomic E-state index is 11.2. The Labute approximate surface area is 117 Å². The Bertz CT molecular complexity index is 441. The largest absolute Gasteiger partial charge is 0.481 e. The number of aromatic nitrogens is 2. The summed E-state index contributed by atoms with van der Waals surface area (Å²) < 4.78 is 4.30. The van der Waals surface area contributed by atoms with Crippen molar-refractivity contribution < 1.29 is 9.90 Å². The Hall–Kier alpha value is -1.17. The summed E-state index contributed by atoms with van der Waals surface area (Å²) in [7, 11) is 1.97. The molecule has 1 aliphatic carbocycles. The first-order valence-corrected chi connectivity index (χ1v) is 7.63. The first-order valence-electron chi connectivity index (χ1n) is 6.85. The van der Waals surface area contributed by atoms with Crippen molar-refractivity contribution in [2.75, 3.05) is 11.9 Å². The van der Waals surface area contributed by atoms with E-state index in [1.165, 1.54) is 18.0 Å². The lowest BCUT2D eigenvalue weighted by atomic mass is 9.78. The van der Waals surface area contributed by atoms with E-state index >= 15 is 0 Å². The van der Waals surface area contributed by atoms with Crippen LogP contribution in [0, 0.1) is 0 Å². The number of anilines is 1. The van der Waals surface area contributed by atoms with E-state index in [0.717, 1.165) is 43.1 Å². The molecule has 1 heterocycles. The summed E-state index contributed by atoms with van der Waals surface area (Å²) in [5, 5.41) is 10.1. The number of carboxylic acid groups (broad SMARTS) is 1. The molecule has 1 aromatic heterocycles. The number of aryl methyl sites for hydroxylation is 1. The van der Waals surface area contributed by atoms with Crippen molar-refractivity contribution >= 4 is 22.6 Å². The minimum atomic E-state index is -0.728. The van der Waals surface area contributed by atoms with E-state index in [-0.39, 0.29) is 12.0 Å². The highest BCUT2D eigenvalue weighted by atomic mass is 32.1. The molecule has 1 aliphatic rings. The van der Waals surface area contributed by atoms with Gasteiger partial charge in [0.15, 0.2) is 0 Å². The molecule has 2 rings (SSSR count). The quantitative estimate of drug-likeness (QED) is 0.900. The standard InChI is InChI=1S/C13H21N3O2S/c1-3-10-14-12(19-15-10)16(2)13(9-11(17)18)7-5-4-6-8-13/h3-9H2,1-2H3,(H,17,18). The Morgan fingerprint density at radius 2 is 2.11 bits per heavy atom. The summed E-state index contributed by atoms with van der Waals surface area (Å²) in [6.45, 7) is 2.03. The van der Waals surface area contributed by atoms with E-state index in [2.05, 4.69) is 14.3 Å². The first-order chi connectivity index (χ1) is 9.07. The smallest absolute Gasteiger partial charge is 0.305 e. The Morgan fingerprint density at radius 3 is 2.63 bits per heavy atom. The van der Waals surface area contributed by atoms with Crippen LogP contribution in [-0.4, -0.2) is 33.0 Å². The number of carboxylic acids is 1. The zero-order chi connectivity index (χ0) is 13.9. The third kappa shape index (κ3) is 3.05. The summed E-state index contributed by atoms with van der Waals surface area (Å²) in [5.74, 6) is 0.113. The Morgan fingerprint density at radius 1 is 1.42 bits per heavy atom. The van der Waals surface area contributed by atoms with Gasteiger partial charge in [0.25, 0.3) is 0 Å². The highest BCUT2D eigenvalue weighted by Crippen LogP contribution is 2.38. The number of aliphatic carboxylic acids is 1. The van der Waals surface area contributed by atoms with Gasteiger partial charge < -0.3 is 10.0 Å². The molecule has 0 atom stereocenters. The fourth-order valence-electron chi connectivity index (χ4n) is 2.85. The van der Waals surface area contributed by atoms with Gasteiger partial charge in [0.2, 0.25) is 5.13 Å². The average molecular weight is 283 g/mol. The molecule has 19 heavy (non-hydrogen) atoms. The normalized spacial score (nSPS) is 18.2. The molecule has 0 saturated heterocycles. The molecule has 1 fully saturated rings. The van der Waals surface area contributed by atoms with Crippen molar-refractivity contribution in [1.82, 2.24) is 9.36 Å². The van der Waals surface area contributed by atoms with Crippen molar-refractivity contribution in [3.05, 3.63) is 5.82 Å². The lowest BCUT2D eigenvalue weighted by Gasteiger charge is -2.43. The van der Waals surface area contributed by atoms with Gasteiger partial charge in [-0.2, -0.15) is 4.37 Å². The molecule has 0 unspecified atom stereocenters. The third-order valence-electron chi connectivity index (χ3n) is 4.04. The molecule has 0 aromatic carbocycles. The molecule has 0 amide bonds. The molecule has 106 valence electrons. The van der Waals surface area contributed by atoms with Crippen LogP contribution in [0.25, 0.3) is 0 Å². The van der Waals surface area contributed by atoms with E-state index in [9.17, 15) is 9.90 Å². The van der Waals surface area contributed by atoms with Gasteiger partial charge in [-0.1, -0.05) is 26.2 Å². The molecule has 6 heteroatoms. The predicted octanol–water partition coefficient (Wildman–Crippen LogP) is 2.71. The highest BCUT2D eigenvalue weighted by molar-refractivity contribution is 7.09. The van der Waals surface area contributed by atoms with Crippen LogP contribution in [0.4, 0.5) is 5.13 Å². The highest BCUT2D eigenvalue weighted by Gasteiger charge is 2.39. The van der Waals surface area contributed by atoms with Gasteiger partial charge in [0, 0.05) is 25.0 Å². The van der Waals surface area contributed by atoms with Crippen LogP contribution in [0.5, 0.6) is 0 Å². The fraction of sp³-hybridized carbons (Fsp3) is 0.769. The van der Waals surface area contributed by atoms with Crippen molar-refractivity contribution in [2.45, 2.75) is 57.4 Å². The van der Waals surface area contributed by atoms with Crippen LogP contribution < -0.4 is 4.90 Å². The van der Waals surface area contributed by atoms with Crippen molar-refractivity contribution in [3.63, 3.8) is 0 Å². The lowest BCUT2D eigenvalue weighted by molar-refractivity contribution is -0.138. The molecule has 1 saturated carbocycles. The molecule has 0 radical (unpaired) electrons. The zero-order valence-electron chi connectivity index (χ0n) is 11.6. The summed E-state index contributed by atoms with van der Waals surface area (Å²) in [4.78, 5) is 17.8. The minimum Gasteiger partial charge on any atom is -0.481 e. The topological polar surface area (TPSA) is 66.3 Å². The van der Waals surface area contributed by atoms with Gasteiger partial charge >= 0.3 is 5.97 Å². The van der Waals surface area contributed by atoms with Crippen LogP contribution in [0.1, 0.15) is 51.3 Å². The van der Waals surface area contributed by atoms with Crippen LogP contribution >= 0.6 is 11.5 Å². The van der Waals surface area contributed by atoms with Crippen molar-refractivity contribution in [3.8, 4) is 0 Å². The molecule has 1 N–H and O–H groups in total. The first kappa shape index (κ1) is 14.2. The van der Waals surface area contributed by atoms with Gasteiger partial charge in [-0.05, 0) is 12.8 Å². The van der Waals surface area contributed by atoms with Gasteiger partial charge in [0.1, 0.15) is 5.82 Å². The van der Waals surface area contributed by atoms with E-state index in [4.69, 9.17) is 0 Å². The lowest BCUT2D eigenvalue weighted by Crippen LogP contribution is -2.49. The summed E-state index contributed by atoms with van der Waals surface area (Å²) in [6.07, 6.45) is 6.24. The summed E-state index contributed by atoms with van der Waals surface area (Å²) in [6, 6.07) is 0. The molecule has 0 spiro atoms. The molecule has 0 aliphatic heterocycles. The third-order valence-corrected chi connectivity index (χ3v) is 4.87. The molecule has 1 aromatic rings.